The van der Waals surface area contributed by atoms with Gasteiger partial charge in [0.2, 0.25) is 0 Å². The highest BCUT2D eigenvalue weighted by atomic mass is 32.1. The van der Waals surface area contributed by atoms with Gasteiger partial charge in [0.05, 0.1) is 22.9 Å². The Morgan fingerprint density at radius 3 is 2.92 bits per heavy atom. The Bertz CT molecular complexity index is 1170. The minimum atomic E-state index is -0.504. The topological polar surface area (TPSA) is 69.0 Å². The van der Waals surface area contributed by atoms with Crippen LogP contribution in [0.25, 0.3) is 21.1 Å². The highest BCUT2D eigenvalue weighted by Gasteiger charge is 2.17. The number of rotatable bonds is 3. The normalized spacial score (nSPS) is 11.2. The number of methoxy groups -OCH3 is 1. The molecule has 2 aromatic carbocycles. The molecule has 2 radical (unpaired) electrons. The van der Waals surface area contributed by atoms with Crippen molar-refractivity contribution < 1.29 is 13.9 Å². The second-order valence-electron chi connectivity index (χ2n) is 5.72. The second-order valence-corrected chi connectivity index (χ2v) is 6.68. The Kier molecular flexibility index (Phi) is 3.88. The van der Waals surface area contributed by atoms with Crippen molar-refractivity contribution in [3.05, 3.63) is 41.8 Å². The molecule has 0 aliphatic carbocycles. The van der Waals surface area contributed by atoms with Gasteiger partial charge in [-0.15, -0.1) is 0 Å². The number of halogens is 1. The summed E-state index contributed by atoms with van der Waals surface area (Å²) >= 11 is 1.26. The number of ether oxygens (including phenoxy) is 1. The van der Waals surface area contributed by atoms with Crippen molar-refractivity contribution in [2.45, 2.75) is 0 Å². The van der Waals surface area contributed by atoms with Gasteiger partial charge in [0.25, 0.3) is 11.1 Å². The number of carbonyl (C=O) groups excluding carboxylic acids is 1. The summed E-state index contributed by atoms with van der Waals surface area (Å²) < 4.78 is 21.5. The van der Waals surface area contributed by atoms with E-state index in [-0.39, 0.29) is 5.52 Å². The number of benzene rings is 2. The summed E-state index contributed by atoms with van der Waals surface area (Å²) in [7, 11) is 9.16. The molecule has 9 heteroatoms. The number of amides is 1. The van der Waals surface area contributed by atoms with Gasteiger partial charge in [-0.05, 0) is 18.2 Å². The second kappa shape index (κ2) is 6.10. The molecule has 4 rings (SSSR count). The van der Waals surface area contributed by atoms with Gasteiger partial charge >= 0.3 is 0 Å². The summed E-state index contributed by atoms with van der Waals surface area (Å²) in [6.45, 7) is 0. The molecule has 0 saturated heterocycles. The highest BCUT2D eigenvalue weighted by Crippen LogP contribution is 2.29. The van der Waals surface area contributed by atoms with E-state index in [9.17, 15) is 9.18 Å². The molecule has 4 aromatic rings. The number of nitrogens with zero attached hydrogens (tertiary/aromatic N) is 3. The molecule has 6 nitrogen and oxygen atoms in total. The van der Waals surface area contributed by atoms with E-state index in [1.165, 1.54) is 29.2 Å². The van der Waals surface area contributed by atoms with Crippen LogP contribution in [0.4, 0.5) is 10.1 Å². The first kappa shape index (κ1) is 16.5. The van der Waals surface area contributed by atoms with Gasteiger partial charge in [-0.1, -0.05) is 22.9 Å². The number of hydrogen-bond acceptors (Lipinski definition) is 5. The van der Waals surface area contributed by atoms with Crippen LogP contribution in [0.5, 0.6) is 5.19 Å². The van der Waals surface area contributed by atoms with Crippen LogP contribution in [0.1, 0.15) is 10.4 Å². The van der Waals surface area contributed by atoms with Gasteiger partial charge in [-0.2, -0.15) is 5.10 Å². The molecule has 0 aliphatic rings. The van der Waals surface area contributed by atoms with Crippen LogP contribution in [0.3, 0.4) is 0 Å². The minimum Gasteiger partial charge on any atom is -0.473 e. The molecule has 0 atom stereocenters. The molecule has 0 saturated carbocycles. The third-order valence-electron chi connectivity index (χ3n) is 3.91. The third-order valence-corrected chi connectivity index (χ3v) is 4.97. The Hall–Kier alpha value is -2.94. The molecule has 1 N–H and O–H groups in total. The average Bonchev–Trinajstić information content (AvgIpc) is 3.19. The van der Waals surface area contributed by atoms with Crippen molar-refractivity contribution in [3.63, 3.8) is 0 Å². The zero-order valence-corrected chi connectivity index (χ0v) is 14.7. The Labute approximate surface area is 153 Å². The first-order valence-electron chi connectivity index (χ1n) is 7.63. The Morgan fingerprint density at radius 1 is 1.35 bits per heavy atom. The molecule has 0 unspecified atom stereocenters. The van der Waals surface area contributed by atoms with E-state index < -0.39 is 11.7 Å². The summed E-state index contributed by atoms with van der Waals surface area (Å²) in [6.07, 6.45) is 1.68. The predicted molar refractivity (Wildman–Crippen MR) is 100 cm³/mol. The van der Waals surface area contributed by atoms with E-state index in [1.54, 1.807) is 31.4 Å². The van der Waals surface area contributed by atoms with Crippen molar-refractivity contribution in [2.24, 2.45) is 7.05 Å². The number of nitrogens with one attached hydrogen (secondary N) is 1. The van der Waals surface area contributed by atoms with E-state index in [1.807, 2.05) is 0 Å². The zero-order valence-electron chi connectivity index (χ0n) is 13.9. The Morgan fingerprint density at radius 2 is 2.15 bits per heavy atom. The van der Waals surface area contributed by atoms with Crippen LogP contribution in [-0.4, -0.2) is 35.6 Å². The fourth-order valence-electron chi connectivity index (χ4n) is 2.76. The van der Waals surface area contributed by atoms with E-state index in [2.05, 4.69) is 15.4 Å². The van der Waals surface area contributed by atoms with Gasteiger partial charge in [0.1, 0.15) is 13.4 Å². The first-order chi connectivity index (χ1) is 12.5. The molecule has 0 aliphatic heterocycles. The lowest BCUT2D eigenvalue weighted by Gasteiger charge is -2.07. The van der Waals surface area contributed by atoms with Crippen LogP contribution in [-0.2, 0) is 7.05 Å². The van der Waals surface area contributed by atoms with E-state index >= 15 is 0 Å². The van der Waals surface area contributed by atoms with Crippen LogP contribution in [0, 0.1) is 5.82 Å². The third kappa shape index (κ3) is 2.70. The molecule has 0 bridgehead atoms. The lowest BCUT2D eigenvalue weighted by atomic mass is 9.94. The van der Waals surface area contributed by atoms with Crippen molar-refractivity contribution in [1.29, 1.82) is 0 Å². The molecule has 2 aromatic heterocycles. The molecule has 0 fully saturated rings. The number of thiazole rings is 1. The van der Waals surface area contributed by atoms with Gasteiger partial charge in [-0.3, -0.25) is 9.48 Å². The van der Waals surface area contributed by atoms with Crippen LogP contribution >= 0.6 is 11.3 Å². The standard InChI is InChI=1S/C17H12BFN4O2S/c1-23-7-8-5-9(6-12(19)13(8)22-23)20-16(24)10-3-4-11(18)15-14(10)21-17(25-2)26-15/h3-7H,1-2H3,(H,20,24). The first-order valence-corrected chi connectivity index (χ1v) is 8.45. The molecule has 128 valence electrons. The summed E-state index contributed by atoms with van der Waals surface area (Å²) in [5.74, 6) is -0.915. The summed E-state index contributed by atoms with van der Waals surface area (Å²) in [4.78, 5) is 17.0. The number of fused-ring (bicyclic) bond motifs is 2. The van der Waals surface area contributed by atoms with Crippen LogP contribution < -0.4 is 15.5 Å². The van der Waals surface area contributed by atoms with Gasteiger partial charge < -0.3 is 10.1 Å². The van der Waals surface area contributed by atoms with Gasteiger partial charge in [-0.25, -0.2) is 9.37 Å². The average molecular weight is 366 g/mol. The predicted octanol–water partition coefficient (Wildman–Crippen LogP) is 2.38. The highest BCUT2D eigenvalue weighted by molar-refractivity contribution is 7.21. The summed E-state index contributed by atoms with van der Waals surface area (Å²) in [5, 5.41) is 7.76. The summed E-state index contributed by atoms with van der Waals surface area (Å²) in [6, 6.07) is 6.13. The van der Waals surface area contributed by atoms with Crippen molar-refractivity contribution >= 4 is 57.4 Å². The molecular weight excluding hydrogens is 354 g/mol. The fourth-order valence-corrected chi connectivity index (χ4v) is 3.59. The molecule has 26 heavy (non-hydrogen) atoms. The lowest BCUT2D eigenvalue weighted by Crippen LogP contribution is -2.14. The number of hydrogen-bond donors (Lipinski definition) is 1. The fraction of sp³-hybridized carbons (Fsp3) is 0.118. The van der Waals surface area contributed by atoms with Crippen LogP contribution in [0.2, 0.25) is 0 Å². The molecule has 2 heterocycles. The lowest BCUT2D eigenvalue weighted by molar-refractivity contribution is 0.102. The van der Waals surface area contributed by atoms with Gasteiger partial charge in [0.15, 0.2) is 5.82 Å². The maximum absolute atomic E-state index is 14.2. The maximum atomic E-state index is 14.2. The minimum absolute atomic E-state index is 0.254. The van der Waals surface area contributed by atoms with Gasteiger partial charge in [0, 0.05) is 24.3 Å². The zero-order chi connectivity index (χ0) is 18.4. The number of carbonyl (C=O) groups is 1. The maximum Gasteiger partial charge on any atom is 0.274 e. The largest absolute Gasteiger partial charge is 0.473 e. The number of aryl methyl sites for hydroxylation is 1. The molecule has 1 amide bonds. The van der Waals surface area contributed by atoms with E-state index in [4.69, 9.17) is 12.6 Å². The smallest absolute Gasteiger partial charge is 0.274 e. The monoisotopic (exact) mass is 366 g/mol. The van der Waals surface area contributed by atoms with Crippen molar-refractivity contribution in [2.75, 3.05) is 12.4 Å². The Balaban J connectivity index is 1.74. The SMILES string of the molecule is [B]c1ccc(C(=O)Nc2cc(F)c3nn(C)cc3c2)c2nc(OC)sc12. The van der Waals surface area contributed by atoms with Crippen LogP contribution in [0.15, 0.2) is 30.5 Å². The van der Waals surface area contributed by atoms with Crippen molar-refractivity contribution in [1.82, 2.24) is 14.8 Å². The quantitative estimate of drug-likeness (QED) is 0.566. The summed E-state index contributed by atoms with van der Waals surface area (Å²) in [5.41, 5.74) is 1.89. The molecular formula is C17H12BFN4O2S. The number of aromatic nitrogens is 3. The number of anilines is 1. The van der Waals surface area contributed by atoms with E-state index in [0.717, 1.165) is 0 Å². The van der Waals surface area contributed by atoms with Crippen molar-refractivity contribution in [3.8, 4) is 5.19 Å². The molecule has 0 spiro atoms. The van der Waals surface area contributed by atoms with E-state index in [0.29, 0.717) is 37.5 Å².